The number of aromatic nitrogens is 5. The number of rotatable bonds is 5. The van der Waals surface area contributed by atoms with Crippen LogP contribution in [-0.2, 0) is 6.42 Å². The van der Waals surface area contributed by atoms with Crippen LogP contribution < -0.4 is 5.73 Å². The highest BCUT2D eigenvalue weighted by Crippen LogP contribution is 2.16. The van der Waals surface area contributed by atoms with Gasteiger partial charge in [0, 0.05) is 23.7 Å². The second-order valence-electron chi connectivity index (χ2n) is 4.91. The van der Waals surface area contributed by atoms with E-state index in [-0.39, 0.29) is 11.6 Å². The number of ketones is 1. The number of allylic oxidation sites excluding steroid dienone is 1. The highest BCUT2D eigenvalue weighted by Gasteiger charge is 2.15. The molecule has 0 atom stereocenters. The summed E-state index contributed by atoms with van der Waals surface area (Å²) in [4.78, 5) is 16.1. The van der Waals surface area contributed by atoms with Gasteiger partial charge in [0.2, 0.25) is 11.6 Å². The van der Waals surface area contributed by atoms with Crippen molar-refractivity contribution in [3.8, 4) is 0 Å². The molecule has 8 nitrogen and oxygen atoms in total. The second-order valence-corrected chi connectivity index (χ2v) is 4.91. The van der Waals surface area contributed by atoms with E-state index < -0.39 is 5.78 Å². The topological polar surface area (TPSA) is 134 Å². The van der Waals surface area contributed by atoms with Crippen molar-refractivity contribution < 1.29 is 9.90 Å². The second kappa shape index (κ2) is 6.14. The summed E-state index contributed by atoms with van der Waals surface area (Å²) in [5, 5.41) is 22.6. The number of hydrogen-bond acceptors (Lipinski definition) is 6. The summed E-state index contributed by atoms with van der Waals surface area (Å²) in [6.07, 6.45) is 4.48. The normalized spacial score (nSPS) is 11.6. The average Bonchev–Trinajstić information content (AvgIpc) is 3.20. The Morgan fingerprint density at radius 2 is 2.09 bits per heavy atom. The molecule has 0 spiro atoms. The molecule has 3 aromatic rings. The van der Waals surface area contributed by atoms with E-state index in [0.29, 0.717) is 17.8 Å². The van der Waals surface area contributed by atoms with Crippen molar-refractivity contribution in [1.29, 1.82) is 0 Å². The van der Waals surface area contributed by atoms with Gasteiger partial charge in [-0.05, 0) is 17.7 Å². The van der Waals surface area contributed by atoms with Crippen LogP contribution in [0.1, 0.15) is 27.4 Å². The summed E-state index contributed by atoms with van der Waals surface area (Å²) in [6, 6.07) is 7.37. The fourth-order valence-corrected chi connectivity index (χ4v) is 2.11. The van der Waals surface area contributed by atoms with Gasteiger partial charge in [0.05, 0.1) is 6.20 Å². The van der Waals surface area contributed by atoms with Gasteiger partial charge >= 0.3 is 0 Å². The number of anilines is 1. The van der Waals surface area contributed by atoms with E-state index in [4.69, 9.17) is 5.73 Å². The number of nitrogens with zero attached hydrogens (tertiary/aromatic N) is 3. The number of nitrogens with two attached hydrogens (primary N) is 1. The minimum atomic E-state index is -0.407. The molecule has 5 N–H and O–H groups in total. The fourth-order valence-electron chi connectivity index (χ4n) is 2.11. The largest absolute Gasteiger partial charge is 0.504 e. The lowest BCUT2D eigenvalue weighted by atomic mass is 10.0. The number of aromatic amines is 2. The molecular weight excluding hydrogens is 296 g/mol. The molecule has 1 aromatic carbocycles. The number of nitrogens with one attached hydrogen (secondary N) is 2. The van der Waals surface area contributed by atoms with Crippen molar-refractivity contribution >= 4 is 17.2 Å². The van der Waals surface area contributed by atoms with Crippen LogP contribution in [0.5, 0.6) is 0 Å². The van der Waals surface area contributed by atoms with E-state index in [2.05, 4.69) is 25.4 Å². The van der Waals surface area contributed by atoms with Crippen LogP contribution in [0.4, 0.5) is 5.69 Å². The lowest BCUT2D eigenvalue weighted by Gasteiger charge is -2.02. The monoisotopic (exact) mass is 310 g/mol. The first-order valence-electron chi connectivity index (χ1n) is 6.81. The van der Waals surface area contributed by atoms with Crippen molar-refractivity contribution in [1.82, 2.24) is 25.4 Å². The van der Waals surface area contributed by atoms with Crippen molar-refractivity contribution in [3.05, 3.63) is 65.5 Å². The molecule has 0 saturated heterocycles. The maximum Gasteiger partial charge on any atom is 0.215 e. The smallest absolute Gasteiger partial charge is 0.215 e. The summed E-state index contributed by atoms with van der Waals surface area (Å²) in [6.45, 7) is 0. The summed E-state index contributed by atoms with van der Waals surface area (Å²) < 4.78 is 0. The van der Waals surface area contributed by atoms with Crippen LogP contribution in [0.2, 0.25) is 0 Å². The van der Waals surface area contributed by atoms with Gasteiger partial charge in [-0.3, -0.25) is 15.0 Å². The van der Waals surface area contributed by atoms with Crippen molar-refractivity contribution in [2.75, 3.05) is 5.73 Å². The fraction of sp³-hybridized carbons (Fsp3) is 0.0667. The molecule has 8 heteroatoms. The van der Waals surface area contributed by atoms with E-state index in [9.17, 15) is 9.90 Å². The van der Waals surface area contributed by atoms with Gasteiger partial charge in [-0.15, -0.1) is 0 Å². The van der Waals surface area contributed by atoms with Crippen LogP contribution in [0.3, 0.4) is 0 Å². The molecule has 0 aliphatic rings. The molecule has 0 aliphatic heterocycles. The number of hydrogen-bond donors (Lipinski definition) is 4. The van der Waals surface area contributed by atoms with E-state index in [0.717, 1.165) is 17.2 Å². The molecule has 0 fully saturated rings. The third kappa shape index (κ3) is 3.26. The number of carbonyl (C=O) groups is 1. The Balaban J connectivity index is 1.81. The number of H-pyrrole nitrogens is 2. The van der Waals surface area contributed by atoms with Gasteiger partial charge in [-0.2, -0.15) is 10.2 Å². The number of nitrogen functional groups attached to an aromatic ring is 1. The Labute approximate surface area is 131 Å². The zero-order valence-electron chi connectivity index (χ0n) is 12.0. The summed E-state index contributed by atoms with van der Waals surface area (Å²) in [5.74, 6) is -0.669. The van der Waals surface area contributed by atoms with Crippen molar-refractivity contribution in [2.24, 2.45) is 0 Å². The first-order valence-corrected chi connectivity index (χ1v) is 6.81. The molecule has 116 valence electrons. The van der Waals surface area contributed by atoms with E-state index in [1.807, 2.05) is 12.1 Å². The van der Waals surface area contributed by atoms with Crippen LogP contribution in [0.15, 0.2) is 42.9 Å². The van der Waals surface area contributed by atoms with Gasteiger partial charge in [-0.1, -0.05) is 12.1 Å². The zero-order valence-corrected chi connectivity index (χ0v) is 12.0. The molecule has 0 amide bonds. The van der Waals surface area contributed by atoms with E-state index >= 15 is 0 Å². The third-order valence-corrected chi connectivity index (χ3v) is 3.25. The van der Waals surface area contributed by atoms with Gasteiger partial charge in [0.25, 0.3) is 0 Å². The van der Waals surface area contributed by atoms with Crippen molar-refractivity contribution in [2.45, 2.75) is 6.42 Å². The standard InChI is InChI=1S/C15H14N6O2/c16-11-3-1-9(2-4-11)5-10-7-18-20-14(10)12(22)6-13(23)15-17-8-19-21-15/h1-4,6-8,23H,5,16H2,(H,18,20)(H,17,19,21). The van der Waals surface area contributed by atoms with Crippen LogP contribution in [0, 0.1) is 0 Å². The van der Waals surface area contributed by atoms with Crippen LogP contribution >= 0.6 is 0 Å². The lowest BCUT2D eigenvalue weighted by molar-refractivity contribution is 0.104. The average molecular weight is 310 g/mol. The first kappa shape index (κ1) is 14.5. The van der Waals surface area contributed by atoms with Gasteiger partial charge in [-0.25, -0.2) is 4.98 Å². The SMILES string of the molecule is Nc1ccc(Cc2cn[nH]c2C(=O)C=C(O)c2nc[nH]n2)cc1. The highest BCUT2D eigenvalue weighted by molar-refractivity contribution is 6.07. The number of aliphatic hydroxyl groups excluding tert-OH is 1. The maximum absolute atomic E-state index is 12.3. The zero-order chi connectivity index (χ0) is 16.2. The van der Waals surface area contributed by atoms with Crippen LogP contribution in [-0.4, -0.2) is 36.3 Å². The molecule has 0 saturated carbocycles. The summed E-state index contributed by atoms with van der Waals surface area (Å²) in [7, 11) is 0. The predicted molar refractivity (Wildman–Crippen MR) is 83.6 cm³/mol. The Morgan fingerprint density at radius 3 is 2.78 bits per heavy atom. The minimum Gasteiger partial charge on any atom is -0.504 e. The van der Waals surface area contributed by atoms with E-state index in [1.54, 1.807) is 18.3 Å². The Kier molecular flexibility index (Phi) is 3.88. The Morgan fingerprint density at radius 1 is 1.30 bits per heavy atom. The number of benzene rings is 1. The van der Waals surface area contributed by atoms with Gasteiger partial charge < -0.3 is 10.8 Å². The number of carbonyl (C=O) groups excluding carboxylic acids is 1. The Bertz CT molecular complexity index is 833. The quantitative estimate of drug-likeness (QED) is 0.244. The molecule has 23 heavy (non-hydrogen) atoms. The molecule has 3 rings (SSSR count). The highest BCUT2D eigenvalue weighted by atomic mass is 16.3. The molecule has 0 unspecified atom stereocenters. The first-order chi connectivity index (χ1) is 11.1. The molecule has 0 radical (unpaired) electrons. The minimum absolute atomic E-state index is 0.0537. The molecule has 0 aliphatic carbocycles. The van der Waals surface area contributed by atoms with Gasteiger partial charge in [0.1, 0.15) is 12.0 Å². The summed E-state index contributed by atoms with van der Waals surface area (Å²) in [5.41, 5.74) is 8.36. The molecule has 2 aromatic heterocycles. The summed E-state index contributed by atoms with van der Waals surface area (Å²) >= 11 is 0. The lowest BCUT2D eigenvalue weighted by Crippen LogP contribution is -2.02. The Hall–Kier alpha value is -3.42. The van der Waals surface area contributed by atoms with E-state index in [1.165, 1.54) is 6.33 Å². The maximum atomic E-state index is 12.3. The van der Waals surface area contributed by atoms with Crippen molar-refractivity contribution in [3.63, 3.8) is 0 Å². The number of aliphatic hydroxyl groups is 1. The molecule has 2 heterocycles. The third-order valence-electron chi connectivity index (χ3n) is 3.25. The van der Waals surface area contributed by atoms with Gasteiger partial charge in [0.15, 0.2) is 5.76 Å². The predicted octanol–water partition coefficient (Wildman–Crippen LogP) is 1.48. The molecular formula is C15H14N6O2. The van der Waals surface area contributed by atoms with Crippen LogP contribution in [0.25, 0.3) is 5.76 Å². The molecule has 0 bridgehead atoms.